The molecule has 3 aromatic rings. The van der Waals surface area contributed by atoms with E-state index in [9.17, 15) is 18.0 Å². The summed E-state index contributed by atoms with van der Waals surface area (Å²) in [7, 11) is 0. The highest BCUT2D eigenvalue weighted by Gasteiger charge is 2.59. The first-order valence-corrected chi connectivity index (χ1v) is 9.53. The molecule has 0 spiro atoms. The third-order valence-electron chi connectivity index (χ3n) is 5.53. The number of ketones is 1. The number of carbonyl (C=O) groups excluding carboxylic acids is 1. The molecule has 0 amide bonds. The molecular formula is C23H16F3NO3. The van der Waals surface area contributed by atoms with E-state index < -0.39 is 17.5 Å². The molecule has 1 aromatic heterocycles. The summed E-state index contributed by atoms with van der Waals surface area (Å²) in [5.41, 5.74) is 0.836. The van der Waals surface area contributed by atoms with Gasteiger partial charge < -0.3 is 9.47 Å². The van der Waals surface area contributed by atoms with Gasteiger partial charge in [0.05, 0.1) is 0 Å². The van der Waals surface area contributed by atoms with Crippen LogP contribution in [0.4, 0.5) is 13.2 Å². The van der Waals surface area contributed by atoms with Crippen LogP contribution < -0.4 is 9.47 Å². The highest BCUT2D eigenvalue weighted by Crippen LogP contribution is 2.60. The molecule has 30 heavy (non-hydrogen) atoms. The smallest absolute Gasteiger partial charge is 0.161 e. The summed E-state index contributed by atoms with van der Waals surface area (Å²) in [5.74, 6) is -1.46. The Bertz CT molecular complexity index is 1140. The Kier molecular flexibility index (Phi) is 4.46. The van der Waals surface area contributed by atoms with Gasteiger partial charge in [-0.3, -0.25) is 9.78 Å². The van der Waals surface area contributed by atoms with Crippen LogP contribution >= 0.6 is 0 Å². The molecule has 4 nitrogen and oxygen atoms in total. The Balaban J connectivity index is 1.25. The lowest BCUT2D eigenvalue weighted by Gasteiger charge is -2.11. The zero-order valence-corrected chi connectivity index (χ0v) is 15.6. The molecule has 2 heterocycles. The average Bonchev–Trinajstić information content (AvgIpc) is 3.23. The van der Waals surface area contributed by atoms with Crippen LogP contribution in [0.3, 0.4) is 0 Å². The molecule has 0 bridgehead atoms. The van der Waals surface area contributed by atoms with Gasteiger partial charge in [0, 0.05) is 48.7 Å². The maximum Gasteiger partial charge on any atom is 0.161 e. The number of halogens is 3. The summed E-state index contributed by atoms with van der Waals surface area (Å²) < 4.78 is 51.9. The number of hydrogen-bond acceptors (Lipinski definition) is 4. The number of nitrogens with zero attached hydrogens (tertiary/aromatic N) is 1. The van der Waals surface area contributed by atoms with Gasteiger partial charge in [-0.1, -0.05) is 0 Å². The molecule has 0 saturated heterocycles. The number of benzene rings is 2. The molecule has 5 rings (SSSR count). The molecule has 152 valence electrons. The minimum atomic E-state index is -1.27. The van der Waals surface area contributed by atoms with Crippen molar-refractivity contribution in [1.29, 1.82) is 0 Å². The number of pyridine rings is 1. The monoisotopic (exact) mass is 411 g/mol. The largest absolute Gasteiger partial charge is 0.489 e. The molecule has 1 saturated carbocycles. The number of fused-ring (bicyclic) bond motifs is 3. The van der Waals surface area contributed by atoms with Crippen molar-refractivity contribution in [2.45, 2.75) is 24.9 Å². The SMILES string of the molecule is O=C(Cc1cc(F)c(F)cc1F)CC1[C@H]2Oc3ccc(Oc4ccncc4)cc3[C@@H]12. The molecule has 1 fully saturated rings. The van der Waals surface area contributed by atoms with E-state index in [1.807, 2.05) is 18.2 Å². The van der Waals surface area contributed by atoms with E-state index in [-0.39, 0.29) is 42.1 Å². The van der Waals surface area contributed by atoms with Gasteiger partial charge in [0.2, 0.25) is 0 Å². The molecule has 1 aliphatic carbocycles. The minimum Gasteiger partial charge on any atom is -0.489 e. The summed E-state index contributed by atoms with van der Waals surface area (Å²) >= 11 is 0. The van der Waals surface area contributed by atoms with Crippen LogP contribution in [0.15, 0.2) is 54.9 Å². The Morgan fingerprint density at radius 2 is 1.73 bits per heavy atom. The van der Waals surface area contributed by atoms with Gasteiger partial charge in [0.1, 0.15) is 35.0 Å². The summed E-state index contributed by atoms with van der Waals surface area (Å²) in [4.78, 5) is 16.3. The van der Waals surface area contributed by atoms with Crippen molar-refractivity contribution in [3.63, 3.8) is 0 Å². The van der Waals surface area contributed by atoms with Gasteiger partial charge in [-0.2, -0.15) is 0 Å². The first-order valence-electron chi connectivity index (χ1n) is 9.53. The second kappa shape index (κ2) is 7.16. The van der Waals surface area contributed by atoms with Crippen molar-refractivity contribution in [2.75, 3.05) is 0 Å². The number of rotatable bonds is 6. The Labute approximate surface area is 170 Å². The van der Waals surface area contributed by atoms with Crippen LogP contribution in [0.2, 0.25) is 0 Å². The van der Waals surface area contributed by atoms with Crippen LogP contribution in [-0.4, -0.2) is 16.9 Å². The average molecular weight is 411 g/mol. The maximum absolute atomic E-state index is 13.8. The van der Waals surface area contributed by atoms with Crippen LogP contribution in [0.25, 0.3) is 0 Å². The van der Waals surface area contributed by atoms with Crippen LogP contribution in [0.1, 0.15) is 23.5 Å². The van der Waals surface area contributed by atoms with E-state index in [4.69, 9.17) is 9.47 Å². The lowest BCUT2D eigenvalue weighted by molar-refractivity contribution is -0.119. The Morgan fingerprint density at radius 1 is 0.967 bits per heavy atom. The quantitative estimate of drug-likeness (QED) is 0.538. The van der Waals surface area contributed by atoms with Crippen molar-refractivity contribution in [3.05, 3.63) is 83.4 Å². The van der Waals surface area contributed by atoms with E-state index in [1.54, 1.807) is 24.5 Å². The lowest BCUT2D eigenvalue weighted by atomic mass is 10.0. The number of ether oxygens (including phenoxy) is 2. The zero-order valence-electron chi connectivity index (χ0n) is 15.6. The van der Waals surface area contributed by atoms with Crippen molar-refractivity contribution in [1.82, 2.24) is 4.98 Å². The zero-order chi connectivity index (χ0) is 20.8. The van der Waals surface area contributed by atoms with Crippen LogP contribution in [0, 0.1) is 23.4 Å². The fourth-order valence-corrected chi connectivity index (χ4v) is 4.05. The van der Waals surface area contributed by atoms with E-state index in [0.29, 0.717) is 17.6 Å². The fraction of sp³-hybridized carbons (Fsp3) is 0.217. The van der Waals surface area contributed by atoms with Gasteiger partial charge >= 0.3 is 0 Å². The molecule has 2 aromatic carbocycles. The van der Waals surface area contributed by atoms with Gasteiger partial charge in [0.25, 0.3) is 0 Å². The molecule has 7 heteroatoms. The predicted molar refractivity (Wildman–Crippen MR) is 101 cm³/mol. The first kappa shape index (κ1) is 18.7. The number of Topliss-reactive ketones (excluding diaryl/α,β-unsaturated/α-hetero) is 1. The first-order chi connectivity index (χ1) is 14.5. The third-order valence-corrected chi connectivity index (χ3v) is 5.53. The molecule has 3 atom stereocenters. The van der Waals surface area contributed by atoms with Gasteiger partial charge in [-0.15, -0.1) is 0 Å². The summed E-state index contributed by atoms with van der Waals surface area (Å²) in [6.07, 6.45) is 3.08. The van der Waals surface area contributed by atoms with E-state index in [0.717, 1.165) is 17.4 Å². The molecule has 0 N–H and O–H groups in total. The van der Waals surface area contributed by atoms with Crippen molar-refractivity contribution in [3.8, 4) is 17.2 Å². The topological polar surface area (TPSA) is 48.4 Å². The lowest BCUT2D eigenvalue weighted by Crippen LogP contribution is -2.10. The third kappa shape index (κ3) is 3.40. The Hall–Kier alpha value is -3.35. The highest BCUT2D eigenvalue weighted by molar-refractivity contribution is 5.82. The maximum atomic E-state index is 13.8. The fourth-order valence-electron chi connectivity index (χ4n) is 4.05. The summed E-state index contributed by atoms with van der Waals surface area (Å²) in [6, 6.07) is 10.3. The predicted octanol–water partition coefficient (Wildman–Crippen LogP) is 4.97. The standard InChI is InChI=1S/C23H16F3NO3/c24-18-11-20(26)19(25)8-12(18)7-13(28)9-17-22-16-10-15(1-2-21(16)30-23(17)22)29-14-3-5-27-6-4-14/h1-6,8,10-11,17,22-23H,7,9H2/t17?,22-,23+/m0/s1. The highest BCUT2D eigenvalue weighted by atomic mass is 19.2. The van der Waals surface area contributed by atoms with Crippen molar-refractivity contribution in [2.24, 2.45) is 5.92 Å². The molecule has 1 unspecified atom stereocenters. The van der Waals surface area contributed by atoms with Gasteiger partial charge in [-0.05, 0) is 42.0 Å². The van der Waals surface area contributed by atoms with Gasteiger partial charge in [-0.25, -0.2) is 13.2 Å². The summed E-state index contributed by atoms with van der Waals surface area (Å²) in [5, 5.41) is 0. The molecular weight excluding hydrogens is 395 g/mol. The second-order valence-electron chi connectivity index (χ2n) is 7.53. The summed E-state index contributed by atoms with van der Waals surface area (Å²) in [6.45, 7) is 0. The van der Waals surface area contributed by atoms with Crippen molar-refractivity contribution >= 4 is 5.78 Å². The van der Waals surface area contributed by atoms with Crippen molar-refractivity contribution < 1.29 is 27.4 Å². The normalized spacial score (nSPS) is 20.8. The van der Waals surface area contributed by atoms with Gasteiger partial charge in [0.15, 0.2) is 11.6 Å². The molecule has 2 aliphatic rings. The van der Waals surface area contributed by atoms with E-state index in [1.165, 1.54) is 0 Å². The number of carbonyl (C=O) groups is 1. The van der Waals surface area contributed by atoms with Crippen LogP contribution in [-0.2, 0) is 11.2 Å². The van der Waals surface area contributed by atoms with E-state index in [2.05, 4.69) is 4.98 Å². The van der Waals surface area contributed by atoms with Crippen LogP contribution in [0.5, 0.6) is 17.2 Å². The Morgan fingerprint density at radius 3 is 2.53 bits per heavy atom. The molecule has 1 aliphatic heterocycles. The molecule has 0 radical (unpaired) electrons. The number of aromatic nitrogens is 1. The second-order valence-corrected chi connectivity index (χ2v) is 7.53. The number of hydrogen-bond donors (Lipinski definition) is 0. The van der Waals surface area contributed by atoms with E-state index >= 15 is 0 Å². The minimum absolute atomic E-state index is 0.0190.